The van der Waals surface area contributed by atoms with Crippen molar-refractivity contribution >= 4 is 29.1 Å². The van der Waals surface area contributed by atoms with Gasteiger partial charge in [-0.2, -0.15) is 5.10 Å². The van der Waals surface area contributed by atoms with Crippen LogP contribution < -0.4 is 5.32 Å². The second kappa shape index (κ2) is 12.1. The van der Waals surface area contributed by atoms with Gasteiger partial charge in [-0.1, -0.05) is 13.5 Å². The van der Waals surface area contributed by atoms with Crippen molar-refractivity contribution in [3.8, 4) is 0 Å². The van der Waals surface area contributed by atoms with E-state index >= 15 is 0 Å². The van der Waals surface area contributed by atoms with Crippen molar-refractivity contribution in [2.75, 3.05) is 14.2 Å². The number of benzene rings is 1. The Kier molecular flexibility index (Phi) is 8.77. The predicted octanol–water partition coefficient (Wildman–Crippen LogP) is 4.45. The number of allylic oxidation sites excluding steroid dienone is 1. The van der Waals surface area contributed by atoms with Crippen molar-refractivity contribution in [2.24, 2.45) is 10.9 Å². The van der Waals surface area contributed by atoms with Crippen LogP contribution in [-0.2, 0) is 38.4 Å². The maximum absolute atomic E-state index is 14.7. The van der Waals surface area contributed by atoms with Gasteiger partial charge in [0.15, 0.2) is 22.5 Å². The van der Waals surface area contributed by atoms with E-state index in [0.717, 1.165) is 17.3 Å². The minimum Gasteiger partial charge on any atom is -0.469 e. The zero-order chi connectivity index (χ0) is 27.7. The van der Waals surface area contributed by atoms with E-state index in [4.69, 9.17) is 14.5 Å². The second-order valence-electron chi connectivity index (χ2n) is 9.37. The first-order chi connectivity index (χ1) is 18.8. The van der Waals surface area contributed by atoms with Crippen molar-refractivity contribution < 1.29 is 27.8 Å². The molecule has 3 aromatic rings. The van der Waals surface area contributed by atoms with Gasteiger partial charge >= 0.3 is 11.9 Å². The fourth-order valence-corrected chi connectivity index (χ4v) is 5.68. The molecule has 40 heavy (non-hydrogen) atoms. The van der Waals surface area contributed by atoms with Gasteiger partial charge in [-0.05, 0) is 48.9 Å². The number of ether oxygens (including phenoxy) is 2. The first-order valence-corrected chi connectivity index (χ1v) is 13.3. The van der Waals surface area contributed by atoms with Gasteiger partial charge in [-0.25, -0.2) is 18.6 Å². The lowest BCUT2D eigenvalue weighted by atomic mass is 9.81. The van der Waals surface area contributed by atoms with Gasteiger partial charge in [0.1, 0.15) is 6.04 Å². The summed E-state index contributed by atoms with van der Waals surface area (Å²) in [5.41, 5.74) is 3.25. The van der Waals surface area contributed by atoms with Crippen LogP contribution in [-0.4, -0.2) is 46.8 Å². The molecule has 2 aliphatic rings. The summed E-state index contributed by atoms with van der Waals surface area (Å²) in [6, 6.07) is 1.58. The molecule has 1 aliphatic heterocycles. The first-order valence-electron chi connectivity index (χ1n) is 12.4. The molecule has 0 spiro atoms. The van der Waals surface area contributed by atoms with Crippen LogP contribution >= 0.6 is 11.3 Å². The number of fused-ring (bicyclic) bond motifs is 1. The molecule has 0 amide bonds. The zero-order valence-electron chi connectivity index (χ0n) is 21.7. The average molecular weight is 572 g/mol. The highest BCUT2D eigenvalue weighted by Crippen LogP contribution is 2.40. The lowest BCUT2D eigenvalue weighted by Crippen LogP contribution is -2.38. The fourth-order valence-electron chi connectivity index (χ4n) is 5.09. The van der Waals surface area contributed by atoms with Crippen LogP contribution in [0.5, 0.6) is 0 Å². The van der Waals surface area contributed by atoms with E-state index in [-0.39, 0.29) is 36.9 Å². The zero-order valence-corrected chi connectivity index (χ0v) is 22.5. The van der Waals surface area contributed by atoms with E-state index in [9.17, 15) is 18.4 Å². The summed E-state index contributed by atoms with van der Waals surface area (Å²) < 4.78 is 40.3. The molecule has 2 atom stereocenters. The van der Waals surface area contributed by atoms with E-state index in [1.807, 2.05) is 11.6 Å². The van der Waals surface area contributed by atoms with E-state index in [1.54, 1.807) is 10.9 Å². The molecule has 1 N–H and O–H groups in total. The fraction of sp³-hybridized carbons (Fsp3) is 0.393. The molecule has 0 saturated heterocycles. The number of nitrogens with one attached hydrogen (secondary N) is 1. The highest BCUT2D eigenvalue weighted by Gasteiger charge is 2.38. The minimum atomic E-state index is -0.982. The predicted molar refractivity (Wildman–Crippen MR) is 146 cm³/mol. The van der Waals surface area contributed by atoms with Gasteiger partial charge in [0, 0.05) is 29.4 Å². The number of aryl methyl sites for hydroxylation is 2. The van der Waals surface area contributed by atoms with E-state index in [1.165, 1.54) is 38.5 Å². The number of hydrogen-bond acceptors (Lipinski definition) is 9. The highest BCUT2D eigenvalue weighted by atomic mass is 32.1. The Morgan fingerprint density at radius 1 is 1.23 bits per heavy atom. The molecule has 0 bridgehead atoms. The summed E-state index contributed by atoms with van der Waals surface area (Å²) in [6.07, 6.45) is 5.69. The van der Waals surface area contributed by atoms with Gasteiger partial charge in [0.25, 0.3) is 0 Å². The lowest BCUT2D eigenvalue weighted by Gasteiger charge is -2.33. The molecule has 1 aliphatic carbocycles. The molecular formula is C28H31F2N5O4S. The van der Waals surface area contributed by atoms with Crippen molar-refractivity contribution in [3.05, 3.63) is 80.2 Å². The third-order valence-corrected chi connectivity index (χ3v) is 7.87. The number of nitrogens with zero attached hydrogens (tertiary/aromatic N) is 4. The number of hydrogen-bond donors (Lipinski definition) is 1. The number of methoxy groups -OCH3 is 2. The van der Waals surface area contributed by atoms with Crippen LogP contribution in [0.2, 0.25) is 0 Å². The maximum Gasteiger partial charge on any atom is 0.338 e. The maximum atomic E-state index is 14.7. The number of amidine groups is 1. The number of esters is 2. The Morgan fingerprint density at radius 2 is 2.02 bits per heavy atom. The molecule has 0 fully saturated rings. The first kappa shape index (κ1) is 29.1. The van der Waals surface area contributed by atoms with Crippen molar-refractivity contribution in [1.29, 1.82) is 0 Å². The summed E-state index contributed by atoms with van der Waals surface area (Å²) in [5.74, 6) is -2.56. The highest BCUT2D eigenvalue weighted by molar-refractivity contribution is 7.11. The summed E-state index contributed by atoms with van der Waals surface area (Å²) in [5, 5.41) is 10.4. The van der Waals surface area contributed by atoms with E-state index in [2.05, 4.69) is 15.4 Å². The number of carbonyl (C=O) groups excluding carboxylic acids is 2. The Bertz CT molecular complexity index is 1480. The quantitative estimate of drug-likeness (QED) is 0.418. The molecule has 3 heterocycles. The number of aliphatic imine (C=N–C) groups is 1. The Morgan fingerprint density at radius 3 is 2.73 bits per heavy atom. The van der Waals surface area contributed by atoms with Gasteiger partial charge in [-0.15, -0.1) is 11.3 Å². The smallest absolute Gasteiger partial charge is 0.338 e. The number of halogens is 2. The molecule has 1 aromatic carbocycles. The standard InChI is InChI=1S/C27H27F2N5O4S.CH4/c1-14-17(5-6-18(28)22(14)29)24-21(27(36)38-3)23(31-25(32-24)26-30-9-11-39-26)15-4-7-19-16(12-15)13-34(33-19)10-8-20(35)37-2;/h5-6,9,11,13,15,24H,4,7-8,10,12H2,1-3H3,(H,31,32);1H4. The van der Waals surface area contributed by atoms with Gasteiger partial charge in [0.05, 0.1) is 38.5 Å². The van der Waals surface area contributed by atoms with Gasteiger partial charge in [0.2, 0.25) is 0 Å². The number of rotatable bonds is 7. The number of carbonyl (C=O) groups is 2. The normalized spacial score (nSPS) is 18.3. The Balaban J connectivity index is 0.00000370. The molecule has 2 unspecified atom stereocenters. The molecule has 5 rings (SSSR count). The summed E-state index contributed by atoms with van der Waals surface area (Å²) >= 11 is 1.37. The van der Waals surface area contributed by atoms with Crippen molar-refractivity contribution in [1.82, 2.24) is 20.1 Å². The van der Waals surface area contributed by atoms with Crippen LogP contribution in [0.1, 0.15) is 53.7 Å². The monoisotopic (exact) mass is 571 g/mol. The van der Waals surface area contributed by atoms with E-state index in [0.29, 0.717) is 47.9 Å². The topological polar surface area (TPSA) is 108 Å². The Hall–Kier alpha value is -3.93. The van der Waals surface area contributed by atoms with Crippen LogP contribution in [0.25, 0.3) is 0 Å². The van der Waals surface area contributed by atoms with Crippen LogP contribution in [0, 0.1) is 24.5 Å². The van der Waals surface area contributed by atoms with Gasteiger partial charge in [-0.3, -0.25) is 14.5 Å². The van der Waals surface area contributed by atoms with Crippen LogP contribution in [0.4, 0.5) is 8.78 Å². The van der Waals surface area contributed by atoms with Crippen molar-refractivity contribution in [3.63, 3.8) is 0 Å². The molecule has 0 saturated carbocycles. The van der Waals surface area contributed by atoms with Gasteiger partial charge < -0.3 is 14.8 Å². The SMILES string of the molecule is C.COC(=O)CCn1cc2c(n1)CCC(C1=C(C(=O)OC)C(c3ccc(F)c(F)c3C)N=C(c3nccs3)N1)C2. The van der Waals surface area contributed by atoms with E-state index < -0.39 is 23.6 Å². The second-order valence-corrected chi connectivity index (χ2v) is 10.3. The molecule has 2 aromatic heterocycles. The molecule has 9 nitrogen and oxygen atoms in total. The van der Waals surface area contributed by atoms with Crippen LogP contribution in [0.15, 0.2) is 46.2 Å². The number of aromatic nitrogens is 3. The molecular weight excluding hydrogens is 540 g/mol. The van der Waals surface area contributed by atoms with Crippen molar-refractivity contribution in [2.45, 2.75) is 52.6 Å². The minimum absolute atomic E-state index is 0. The lowest BCUT2D eigenvalue weighted by molar-refractivity contribution is -0.141. The largest absolute Gasteiger partial charge is 0.469 e. The summed E-state index contributed by atoms with van der Waals surface area (Å²) in [7, 11) is 2.63. The third kappa shape index (κ3) is 5.53. The van der Waals surface area contributed by atoms with Crippen LogP contribution in [0.3, 0.4) is 0 Å². The molecule has 12 heteroatoms. The summed E-state index contributed by atoms with van der Waals surface area (Å²) in [4.78, 5) is 34.0. The number of thiazole rings is 1. The average Bonchev–Trinajstić information content (AvgIpc) is 3.63. The third-order valence-electron chi connectivity index (χ3n) is 7.09. The molecule has 212 valence electrons. The molecule has 0 radical (unpaired) electrons. The summed E-state index contributed by atoms with van der Waals surface area (Å²) in [6.45, 7) is 1.87. The Labute approximate surface area is 234 Å².